The fraction of sp³-hybridized carbons (Fsp3) is 0.280. The van der Waals surface area contributed by atoms with Crippen molar-refractivity contribution in [3.8, 4) is 11.4 Å². The highest BCUT2D eigenvalue weighted by atomic mass is 35.5. The Morgan fingerprint density at radius 2 is 1.97 bits per heavy atom. The molecule has 0 N–H and O–H groups in total. The predicted octanol–water partition coefficient (Wildman–Crippen LogP) is 3.97. The molecule has 180 valence electrons. The highest BCUT2D eigenvalue weighted by molar-refractivity contribution is 6.30. The number of hydrogen-bond acceptors (Lipinski definition) is 6. The van der Waals surface area contributed by atoms with Gasteiger partial charge in [-0.25, -0.2) is 9.67 Å². The molecular weight excluding hydrogens is 470 g/mol. The Labute approximate surface area is 206 Å². The smallest absolute Gasteiger partial charge is 0.293 e. The van der Waals surface area contributed by atoms with Crippen molar-refractivity contribution in [3.63, 3.8) is 0 Å². The number of furan rings is 1. The van der Waals surface area contributed by atoms with E-state index in [0.717, 1.165) is 0 Å². The number of benzene rings is 2. The van der Waals surface area contributed by atoms with Gasteiger partial charge >= 0.3 is 0 Å². The first-order valence-corrected chi connectivity index (χ1v) is 11.6. The molecule has 10 heteroatoms. The van der Waals surface area contributed by atoms with Gasteiger partial charge in [0.25, 0.3) is 11.8 Å². The molecule has 0 spiro atoms. The van der Waals surface area contributed by atoms with E-state index in [4.69, 9.17) is 20.8 Å². The Morgan fingerprint density at radius 3 is 2.71 bits per heavy atom. The first-order chi connectivity index (χ1) is 16.9. The van der Waals surface area contributed by atoms with Gasteiger partial charge in [-0.15, -0.1) is 5.10 Å². The lowest BCUT2D eigenvalue weighted by molar-refractivity contribution is 0.0407. The number of rotatable bonds is 4. The van der Waals surface area contributed by atoms with Gasteiger partial charge in [-0.05, 0) is 50.2 Å². The van der Waals surface area contributed by atoms with Crippen LogP contribution in [0.5, 0.6) is 5.75 Å². The monoisotopic (exact) mass is 493 g/mol. The van der Waals surface area contributed by atoms with Crippen molar-refractivity contribution in [2.24, 2.45) is 0 Å². The highest BCUT2D eigenvalue weighted by Gasteiger charge is 2.34. The number of aromatic nitrogens is 3. The lowest BCUT2D eigenvalue weighted by atomic mass is 10.1. The second kappa shape index (κ2) is 9.07. The van der Waals surface area contributed by atoms with Gasteiger partial charge in [0, 0.05) is 36.1 Å². The Kier molecular flexibility index (Phi) is 5.94. The molecule has 2 aromatic heterocycles. The van der Waals surface area contributed by atoms with Crippen molar-refractivity contribution in [3.05, 3.63) is 71.0 Å². The first-order valence-electron chi connectivity index (χ1n) is 11.2. The van der Waals surface area contributed by atoms with Crippen LogP contribution in [0.1, 0.15) is 33.7 Å². The summed E-state index contributed by atoms with van der Waals surface area (Å²) in [7, 11) is 1.58. The summed E-state index contributed by atoms with van der Waals surface area (Å²) in [5, 5.41) is 5.62. The molecule has 0 aliphatic carbocycles. The van der Waals surface area contributed by atoms with Crippen LogP contribution in [-0.4, -0.2) is 69.2 Å². The van der Waals surface area contributed by atoms with E-state index in [9.17, 15) is 9.59 Å². The Balaban J connectivity index is 1.32. The van der Waals surface area contributed by atoms with Crippen LogP contribution in [0.15, 0.2) is 53.2 Å². The van der Waals surface area contributed by atoms with Crippen molar-refractivity contribution >= 4 is 34.4 Å². The number of amides is 2. The van der Waals surface area contributed by atoms with Crippen LogP contribution in [0.4, 0.5) is 0 Å². The minimum Gasteiger partial charge on any atom is -0.497 e. The summed E-state index contributed by atoms with van der Waals surface area (Å²) in [4.78, 5) is 34.3. The molecule has 4 aromatic rings. The predicted molar refractivity (Wildman–Crippen MR) is 130 cm³/mol. The van der Waals surface area contributed by atoms with Gasteiger partial charge in [-0.3, -0.25) is 9.59 Å². The largest absolute Gasteiger partial charge is 0.497 e. The zero-order valence-electron chi connectivity index (χ0n) is 19.6. The molecule has 0 saturated carbocycles. The van der Waals surface area contributed by atoms with E-state index in [0.29, 0.717) is 58.4 Å². The molecule has 1 fully saturated rings. The topological polar surface area (TPSA) is 93.7 Å². The summed E-state index contributed by atoms with van der Waals surface area (Å²) in [6.45, 7) is 4.84. The van der Waals surface area contributed by atoms with Crippen LogP contribution in [0, 0.1) is 6.92 Å². The average molecular weight is 494 g/mol. The Bertz CT molecular complexity index is 1430. The number of carbonyl (C=O) groups is 2. The maximum Gasteiger partial charge on any atom is 0.293 e. The molecule has 9 nitrogen and oxygen atoms in total. The highest BCUT2D eigenvalue weighted by Crippen LogP contribution is 2.30. The SMILES string of the molecule is COc1ccc2oc(C)c(C(=O)N3CCN(C(=O)c4ncn(-c5cccc(Cl)c5)n4)C(C)C3)c2c1. The number of hydrogen-bond donors (Lipinski definition) is 0. The number of nitrogens with zero attached hydrogens (tertiary/aromatic N) is 5. The van der Waals surface area contributed by atoms with Gasteiger partial charge < -0.3 is 19.0 Å². The van der Waals surface area contributed by atoms with Crippen molar-refractivity contribution in [2.45, 2.75) is 19.9 Å². The van der Waals surface area contributed by atoms with Crippen molar-refractivity contribution in [1.29, 1.82) is 0 Å². The molecule has 1 unspecified atom stereocenters. The third-order valence-electron chi connectivity index (χ3n) is 6.22. The van der Waals surface area contributed by atoms with Crippen LogP contribution in [0.25, 0.3) is 16.7 Å². The second-order valence-corrected chi connectivity index (χ2v) is 8.92. The molecular formula is C25H24ClN5O4. The van der Waals surface area contributed by atoms with E-state index in [1.807, 2.05) is 19.1 Å². The summed E-state index contributed by atoms with van der Waals surface area (Å²) >= 11 is 6.06. The quantitative estimate of drug-likeness (QED) is 0.427. The van der Waals surface area contributed by atoms with Crippen LogP contribution in [-0.2, 0) is 0 Å². The molecule has 1 aliphatic heterocycles. The summed E-state index contributed by atoms with van der Waals surface area (Å²) in [6, 6.07) is 12.3. The molecule has 1 aliphatic rings. The number of halogens is 1. The van der Waals surface area contributed by atoms with Crippen molar-refractivity contribution in [2.75, 3.05) is 26.7 Å². The van der Waals surface area contributed by atoms with Gasteiger partial charge in [0.2, 0.25) is 5.82 Å². The lowest BCUT2D eigenvalue weighted by Gasteiger charge is -2.39. The molecule has 35 heavy (non-hydrogen) atoms. The number of aryl methyl sites for hydroxylation is 1. The van der Waals surface area contributed by atoms with Crippen LogP contribution in [0.3, 0.4) is 0 Å². The molecule has 3 heterocycles. The van der Waals surface area contributed by atoms with Gasteiger partial charge in [-0.2, -0.15) is 0 Å². The standard InChI is InChI=1S/C25H24ClN5O4/c1-15-13-29(24(32)22-16(2)35-21-8-7-19(34-3)12-20(21)22)9-10-30(15)25(33)23-27-14-31(28-23)18-6-4-5-17(26)11-18/h4-8,11-12,14-15H,9-10,13H2,1-3H3. The average Bonchev–Trinajstić information content (AvgIpc) is 3.47. The van der Waals surface area contributed by atoms with Gasteiger partial charge in [-0.1, -0.05) is 17.7 Å². The second-order valence-electron chi connectivity index (χ2n) is 8.49. The maximum absolute atomic E-state index is 13.5. The summed E-state index contributed by atoms with van der Waals surface area (Å²) < 4.78 is 12.6. The maximum atomic E-state index is 13.5. The van der Waals surface area contributed by atoms with E-state index in [-0.39, 0.29) is 23.7 Å². The summed E-state index contributed by atoms with van der Waals surface area (Å²) in [5.74, 6) is 0.901. The van der Waals surface area contributed by atoms with Crippen LogP contribution >= 0.6 is 11.6 Å². The summed E-state index contributed by atoms with van der Waals surface area (Å²) in [6.07, 6.45) is 1.49. The molecule has 1 atom stereocenters. The Morgan fingerprint density at radius 1 is 1.14 bits per heavy atom. The van der Waals surface area contributed by atoms with Crippen molar-refractivity contribution in [1.82, 2.24) is 24.6 Å². The molecule has 1 saturated heterocycles. The number of piperazine rings is 1. The van der Waals surface area contributed by atoms with E-state index < -0.39 is 0 Å². The summed E-state index contributed by atoms with van der Waals surface area (Å²) in [5.41, 5.74) is 1.87. The van der Waals surface area contributed by atoms with E-state index in [1.54, 1.807) is 54.2 Å². The van der Waals surface area contributed by atoms with Crippen LogP contribution in [0.2, 0.25) is 5.02 Å². The van der Waals surface area contributed by atoms with Gasteiger partial charge in [0.15, 0.2) is 0 Å². The van der Waals surface area contributed by atoms with E-state index in [2.05, 4.69) is 10.1 Å². The third-order valence-corrected chi connectivity index (χ3v) is 6.45. The lowest BCUT2D eigenvalue weighted by Crippen LogP contribution is -2.55. The normalized spacial score (nSPS) is 16.1. The minimum absolute atomic E-state index is 0.0976. The molecule has 2 aromatic carbocycles. The fourth-order valence-electron chi connectivity index (χ4n) is 4.43. The van der Waals surface area contributed by atoms with Gasteiger partial charge in [0.05, 0.1) is 18.4 Å². The first kappa shape index (κ1) is 22.9. The minimum atomic E-state index is -0.278. The van der Waals surface area contributed by atoms with E-state index in [1.165, 1.54) is 11.0 Å². The van der Waals surface area contributed by atoms with Crippen LogP contribution < -0.4 is 4.74 Å². The van der Waals surface area contributed by atoms with Gasteiger partial charge in [0.1, 0.15) is 23.4 Å². The number of fused-ring (bicyclic) bond motifs is 1. The number of carbonyl (C=O) groups excluding carboxylic acids is 2. The van der Waals surface area contributed by atoms with E-state index >= 15 is 0 Å². The molecule has 0 radical (unpaired) electrons. The number of ether oxygens (including phenoxy) is 1. The molecule has 0 bridgehead atoms. The Hall–Kier alpha value is -3.85. The van der Waals surface area contributed by atoms with Crippen molar-refractivity contribution < 1.29 is 18.7 Å². The number of methoxy groups -OCH3 is 1. The molecule has 5 rings (SSSR count). The fourth-order valence-corrected chi connectivity index (χ4v) is 4.61. The third kappa shape index (κ3) is 4.23. The zero-order chi connectivity index (χ0) is 24.7. The molecule has 2 amide bonds. The zero-order valence-corrected chi connectivity index (χ0v) is 20.3.